The molecule has 0 spiro atoms. The molecule has 0 aliphatic rings. The lowest BCUT2D eigenvalue weighted by molar-refractivity contribution is -0.143. The predicted octanol–water partition coefficient (Wildman–Crippen LogP) is 2.81. The van der Waals surface area contributed by atoms with Crippen LogP contribution in [0, 0.1) is 0 Å². The molecule has 0 unspecified atom stereocenters. The molecule has 0 aliphatic carbocycles. The van der Waals surface area contributed by atoms with Gasteiger partial charge in [0, 0.05) is 31.3 Å². The number of methoxy groups -OCH3 is 1. The quantitative estimate of drug-likeness (QED) is 0.292. The van der Waals surface area contributed by atoms with Crippen LogP contribution in [-0.2, 0) is 9.53 Å². The first-order valence-electron chi connectivity index (χ1n) is 8.66. The van der Waals surface area contributed by atoms with E-state index in [4.69, 9.17) is 14.2 Å². The van der Waals surface area contributed by atoms with E-state index in [0.717, 1.165) is 12.2 Å². The smallest absolute Gasteiger partial charge is 0.305 e. The average Bonchev–Trinajstić information content (AvgIpc) is 2.60. The molecule has 0 aliphatic heterocycles. The number of esters is 1. The van der Waals surface area contributed by atoms with Crippen molar-refractivity contribution in [3.63, 3.8) is 0 Å². The Morgan fingerprint density at radius 1 is 1.16 bits per heavy atom. The minimum Gasteiger partial charge on any atom is -0.493 e. The Morgan fingerprint density at radius 2 is 1.96 bits per heavy atom. The molecule has 25 heavy (non-hydrogen) atoms. The van der Waals surface area contributed by atoms with Crippen molar-refractivity contribution in [3.05, 3.63) is 18.2 Å². The number of nitrogens with zero attached hydrogens (tertiary/aromatic N) is 1. The zero-order valence-corrected chi connectivity index (χ0v) is 15.6. The van der Waals surface area contributed by atoms with Gasteiger partial charge in [0.05, 0.1) is 20.3 Å². The molecule has 1 rings (SSSR count). The minimum absolute atomic E-state index is 0.188. The topological polar surface area (TPSA) is 81.2 Å². The largest absolute Gasteiger partial charge is 0.493 e. The van der Waals surface area contributed by atoms with Crippen molar-refractivity contribution >= 4 is 17.6 Å². The summed E-state index contributed by atoms with van der Waals surface area (Å²) in [4.78, 5) is 15.8. The van der Waals surface area contributed by atoms with Crippen molar-refractivity contribution < 1.29 is 19.0 Å². The van der Waals surface area contributed by atoms with Gasteiger partial charge in [-0.25, -0.2) is 0 Å². The maximum atomic E-state index is 11.3. The number of rotatable bonds is 10. The lowest BCUT2D eigenvalue weighted by Gasteiger charge is -2.14. The van der Waals surface area contributed by atoms with E-state index >= 15 is 0 Å². The van der Waals surface area contributed by atoms with Gasteiger partial charge in [-0.3, -0.25) is 9.79 Å². The Hall–Kier alpha value is -2.44. The highest BCUT2D eigenvalue weighted by Crippen LogP contribution is 2.30. The molecule has 0 radical (unpaired) electrons. The van der Waals surface area contributed by atoms with E-state index in [9.17, 15) is 4.79 Å². The maximum Gasteiger partial charge on any atom is 0.305 e. The predicted molar refractivity (Wildman–Crippen MR) is 99.6 cm³/mol. The summed E-state index contributed by atoms with van der Waals surface area (Å²) in [5, 5.41) is 6.40. The Balaban J connectivity index is 2.67. The lowest BCUT2D eigenvalue weighted by atomic mass is 10.2. The van der Waals surface area contributed by atoms with Gasteiger partial charge >= 0.3 is 5.97 Å². The average molecular weight is 351 g/mol. The summed E-state index contributed by atoms with van der Waals surface area (Å²) in [6, 6.07) is 5.62. The highest BCUT2D eigenvalue weighted by atomic mass is 16.5. The van der Waals surface area contributed by atoms with E-state index in [1.54, 1.807) is 14.0 Å². The number of hydrogen-bond acceptors (Lipinski definition) is 5. The fraction of sp³-hybridized carbons (Fsp3) is 0.556. The van der Waals surface area contributed by atoms with E-state index in [1.165, 1.54) is 0 Å². The van der Waals surface area contributed by atoms with Crippen molar-refractivity contribution in [3.8, 4) is 11.5 Å². The lowest BCUT2D eigenvalue weighted by Crippen LogP contribution is -2.30. The first-order valence-corrected chi connectivity index (χ1v) is 8.66. The minimum atomic E-state index is -0.188. The summed E-state index contributed by atoms with van der Waals surface area (Å²) in [6.45, 7) is 7.97. The number of ether oxygens (including phenoxy) is 3. The van der Waals surface area contributed by atoms with Crippen LogP contribution in [0.2, 0.25) is 0 Å². The molecule has 7 heteroatoms. The molecule has 0 aromatic heterocycles. The van der Waals surface area contributed by atoms with Gasteiger partial charge < -0.3 is 24.8 Å². The van der Waals surface area contributed by atoms with E-state index in [1.807, 2.05) is 32.0 Å². The van der Waals surface area contributed by atoms with Gasteiger partial charge in [0.2, 0.25) is 0 Å². The summed E-state index contributed by atoms with van der Waals surface area (Å²) in [6.07, 6.45) is 1.01. The van der Waals surface area contributed by atoms with Crippen molar-refractivity contribution in [2.75, 3.05) is 38.7 Å². The summed E-state index contributed by atoms with van der Waals surface area (Å²) >= 11 is 0. The molecule has 1 aromatic carbocycles. The van der Waals surface area contributed by atoms with Crippen molar-refractivity contribution in [1.29, 1.82) is 0 Å². The summed E-state index contributed by atoms with van der Waals surface area (Å²) < 4.78 is 15.8. The highest BCUT2D eigenvalue weighted by Gasteiger charge is 2.07. The third kappa shape index (κ3) is 7.78. The van der Waals surface area contributed by atoms with E-state index < -0.39 is 0 Å². The molecule has 0 heterocycles. The van der Waals surface area contributed by atoms with Crippen LogP contribution >= 0.6 is 0 Å². The monoisotopic (exact) mass is 351 g/mol. The van der Waals surface area contributed by atoms with Crippen LogP contribution in [0.1, 0.15) is 33.6 Å². The summed E-state index contributed by atoms with van der Waals surface area (Å²) in [5.74, 6) is 1.82. The van der Waals surface area contributed by atoms with Gasteiger partial charge in [0.25, 0.3) is 0 Å². The molecule has 0 atom stereocenters. The highest BCUT2D eigenvalue weighted by molar-refractivity contribution is 5.93. The number of aliphatic imine (C=N–C) groups is 1. The second-order valence-electron chi connectivity index (χ2n) is 5.09. The van der Waals surface area contributed by atoms with Crippen LogP contribution in [0.25, 0.3) is 0 Å². The Morgan fingerprint density at radius 3 is 2.60 bits per heavy atom. The normalized spacial score (nSPS) is 11.0. The molecule has 0 saturated carbocycles. The van der Waals surface area contributed by atoms with E-state index in [0.29, 0.717) is 50.1 Å². The molecule has 2 N–H and O–H groups in total. The van der Waals surface area contributed by atoms with Gasteiger partial charge in [0.1, 0.15) is 0 Å². The van der Waals surface area contributed by atoms with Gasteiger partial charge in [-0.2, -0.15) is 0 Å². The summed E-state index contributed by atoms with van der Waals surface area (Å²) in [7, 11) is 1.61. The molecule has 1 aromatic rings. The SMILES string of the molecule is CCNC(=NCCCC(=O)OCC)Nc1ccc(OCC)c(OC)c1. The number of benzene rings is 1. The third-order valence-electron chi connectivity index (χ3n) is 3.18. The van der Waals surface area contributed by atoms with Crippen LogP contribution in [0.15, 0.2) is 23.2 Å². The zero-order chi connectivity index (χ0) is 18.5. The number of carbonyl (C=O) groups is 1. The number of nitrogens with one attached hydrogen (secondary N) is 2. The fourth-order valence-electron chi connectivity index (χ4n) is 2.11. The van der Waals surface area contributed by atoms with Gasteiger partial charge in [0.15, 0.2) is 17.5 Å². The molecule has 0 saturated heterocycles. The van der Waals surface area contributed by atoms with Crippen LogP contribution in [0.5, 0.6) is 11.5 Å². The van der Waals surface area contributed by atoms with Crippen molar-refractivity contribution in [1.82, 2.24) is 5.32 Å². The molecule has 7 nitrogen and oxygen atoms in total. The molecule has 0 fully saturated rings. The second-order valence-corrected chi connectivity index (χ2v) is 5.09. The summed E-state index contributed by atoms with van der Waals surface area (Å²) in [5.41, 5.74) is 0.838. The number of carbonyl (C=O) groups excluding carboxylic acids is 1. The van der Waals surface area contributed by atoms with Crippen LogP contribution in [0.3, 0.4) is 0 Å². The Bertz CT molecular complexity index is 561. The standard InChI is InChI=1S/C18H29N3O4/c1-5-19-18(20-12-8-9-17(22)25-7-3)21-14-10-11-15(24-6-2)16(13-14)23-4/h10-11,13H,5-9,12H2,1-4H3,(H2,19,20,21). The van der Waals surface area contributed by atoms with E-state index in [2.05, 4.69) is 15.6 Å². The molecule has 0 amide bonds. The van der Waals surface area contributed by atoms with Crippen LogP contribution in [-0.4, -0.2) is 45.3 Å². The van der Waals surface area contributed by atoms with Crippen molar-refractivity contribution in [2.45, 2.75) is 33.6 Å². The first kappa shape index (κ1) is 20.6. The molecule has 0 bridgehead atoms. The molecule has 140 valence electrons. The Labute approximate surface area is 149 Å². The van der Waals surface area contributed by atoms with Crippen LogP contribution in [0.4, 0.5) is 5.69 Å². The molecular formula is C18H29N3O4. The zero-order valence-electron chi connectivity index (χ0n) is 15.6. The van der Waals surface area contributed by atoms with Crippen LogP contribution < -0.4 is 20.1 Å². The number of guanidine groups is 1. The van der Waals surface area contributed by atoms with Crippen molar-refractivity contribution in [2.24, 2.45) is 4.99 Å². The third-order valence-corrected chi connectivity index (χ3v) is 3.18. The number of hydrogen-bond donors (Lipinski definition) is 2. The molecular weight excluding hydrogens is 322 g/mol. The van der Waals surface area contributed by atoms with Gasteiger partial charge in [-0.15, -0.1) is 0 Å². The van der Waals surface area contributed by atoms with E-state index in [-0.39, 0.29) is 5.97 Å². The number of anilines is 1. The van der Waals surface area contributed by atoms with Gasteiger partial charge in [-0.1, -0.05) is 0 Å². The Kier molecular flexibility index (Phi) is 9.89. The fourth-order valence-corrected chi connectivity index (χ4v) is 2.11. The first-order chi connectivity index (χ1) is 12.1. The van der Waals surface area contributed by atoms with Gasteiger partial charge in [-0.05, 0) is 39.3 Å². The maximum absolute atomic E-state index is 11.3. The second kappa shape index (κ2) is 12.0.